The molecule has 106 valence electrons. The van der Waals surface area contributed by atoms with Crippen LogP contribution in [0.3, 0.4) is 0 Å². The van der Waals surface area contributed by atoms with Crippen molar-refractivity contribution in [2.45, 2.75) is 13.5 Å². The lowest BCUT2D eigenvalue weighted by atomic mass is 10.1. The summed E-state index contributed by atoms with van der Waals surface area (Å²) in [5.74, 6) is -0.0962. The van der Waals surface area contributed by atoms with Gasteiger partial charge in [0.25, 0.3) is 5.91 Å². The number of aryl methyl sites for hydroxylation is 1. The van der Waals surface area contributed by atoms with E-state index in [2.05, 4.69) is 26.2 Å². The first-order valence-corrected chi connectivity index (χ1v) is 8.13. The number of amides is 1. The van der Waals surface area contributed by atoms with Gasteiger partial charge in [-0.05, 0) is 52.7 Å². The van der Waals surface area contributed by atoms with E-state index in [-0.39, 0.29) is 5.91 Å². The molecule has 1 aromatic heterocycles. The lowest BCUT2D eigenvalue weighted by molar-refractivity contribution is 0.0950. The van der Waals surface area contributed by atoms with Gasteiger partial charge in [0, 0.05) is 4.47 Å². The minimum absolute atomic E-state index is 0.0962. The molecular weight excluding hydrogens is 348 g/mol. The third kappa shape index (κ3) is 3.14. The lowest BCUT2D eigenvalue weighted by Crippen LogP contribution is -2.23. The zero-order valence-corrected chi connectivity index (χ0v) is 13.8. The van der Waals surface area contributed by atoms with Gasteiger partial charge < -0.3 is 5.32 Å². The number of hydrogen-bond acceptors (Lipinski definition) is 3. The molecule has 0 atom stereocenters. The quantitative estimate of drug-likeness (QED) is 0.756. The van der Waals surface area contributed by atoms with E-state index in [9.17, 15) is 4.79 Å². The van der Waals surface area contributed by atoms with Crippen molar-refractivity contribution in [2.24, 2.45) is 0 Å². The Morgan fingerprint density at radius 3 is 2.86 bits per heavy atom. The molecule has 3 aromatic rings. The third-order valence-electron chi connectivity index (χ3n) is 3.11. The average Bonchev–Trinajstić information content (AvgIpc) is 2.87. The molecule has 1 heterocycles. The molecule has 2 aromatic carbocycles. The Balaban J connectivity index is 1.73. The molecule has 0 aliphatic carbocycles. The van der Waals surface area contributed by atoms with Gasteiger partial charge in [0.1, 0.15) is 5.01 Å². The fourth-order valence-electron chi connectivity index (χ4n) is 2.05. The van der Waals surface area contributed by atoms with E-state index < -0.39 is 0 Å². The first-order valence-electron chi connectivity index (χ1n) is 6.52. The van der Waals surface area contributed by atoms with E-state index in [1.165, 1.54) is 0 Å². The highest BCUT2D eigenvalue weighted by atomic mass is 79.9. The molecule has 0 saturated heterocycles. The molecule has 1 amide bonds. The Bertz CT molecular complexity index is 780. The van der Waals surface area contributed by atoms with Crippen molar-refractivity contribution in [1.82, 2.24) is 10.3 Å². The van der Waals surface area contributed by atoms with Gasteiger partial charge in [0.15, 0.2) is 0 Å². The summed E-state index contributed by atoms with van der Waals surface area (Å²) in [5, 5.41) is 3.83. The van der Waals surface area contributed by atoms with Crippen LogP contribution in [0.15, 0.2) is 46.9 Å². The van der Waals surface area contributed by atoms with Crippen molar-refractivity contribution in [3.8, 4) is 0 Å². The van der Waals surface area contributed by atoms with Crippen molar-refractivity contribution in [3.63, 3.8) is 0 Å². The maximum atomic E-state index is 12.2. The highest BCUT2D eigenvalue weighted by molar-refractivity contribution is 9.10. The number of para-hydroxylation sites is 1. The van der Waals surface area contributed by atoms with Crippen molar-refractivity contribution in [2.75, 3.05) is 0 Å². The number of hydrogen-bond donors (Lipinski definition) is 1. The van der Waals surface area contributed by atoms with Crippen LogP contribution < -0.4 is 5.32 Å². The van der Waals surface area contributed by atoms with Gasteiger partial charge in [-0.25, -0.2) is 4.98 Å². The molecule has 21 heavy (non-hydrogen) atoms. The van der Waals surface area contributed by atoms with Gasteiger partial charge in [-0.15, -0.1) is 11.3 Å². The molecule has 0 aliphatic heterocycles. The van der Waals surface area contributed by atoms with E-state index in [0.717, 1.165) is 25.3 Å². The Morgan fingerprint density at radius 2 is 2.10 bits per heavy atom. The van der Waals surface area contributed by atoms with Crippen LogP contribution in [0.25, 0.3) is 10.2 Å². The van der Waals surface area contributed by atoms with Crippen LogP contribution in [0, 0.1) is 6.92 Å². The van der Waals surface area contributed by atoms with Crippen LogP contribution >= 0.6 is 27.3 Å². The van der Waals surface area contributed by atoms with Crippen LogP contribution in [-0.2, 0) is 6.54 Å². The number of halogens is 1. The van der Waals surface area contributed by atoms with Crippen LogP contribution in [0.1, 0.15) is 20.9 Å². The molecule has 0 saturated carbocycles. The number of nitrogens with zero attached hydrogens (tertiary/aromatic N) is 1. The van der Waals surface area contributed by atoms with Crippen LogP contribution in [0.2, 0.25) is 0 Å². The zero-order valence-electron chi connectivity index (χ0n) is 11.4. The summed E-state index contributed by atoms with van der Waals surface area (Å²) in [6.07, 6.45) is 0. The second-order valence-corrected chi connectivity index (χ2v) is 6.71. The number of nitrogens with one attached hydrogen (secondary N) is 1. The van der Waals surface area contributed by atoms with E-state index in [4.69, 9.17) is 0 Å². The minimum atomic E-state index is -0.0962. The molecular formula is C16H13BrN2OS. The van der Waals surface area contributed by atoms with E-state index in [0.29, 0.717) is 12.1 Å². The van der Waals surface area contributed by atoms with Gasteiger partial charge in [-0.2, -0.15) is 0 Å². The first-order chi connectivity index (χ1) is 10.1. The van der Waals surface area contributed by atoms with Crippen molar-refractivity contribution in [1.29, 1.82) is 0 Å². The van der Waals surface area contributed by atoms with E-state index in [1.807, 2.05) is 49.4 Å². The summed E-state index contributed by atoms with van der Waals surface area (Å²) in [7, 11) is 0. The fourth-order valence-corrected chi connectivity index (χ4v) is 3.63. The average molecular weight is 361 g/mol. The predicted molar refractivity (Wildman–Crippen MR) is 89.7 cm³/mol. The number of fused-ring (bicyclic) bond motifs is 1. The fraction of sp³-hybridized carbons (Fsp3) is 0.125. The highest BCUT2D eigenvalue weighted by Gasteiger charge is 2.11. The molecule has 0 bridgehead atoms. The molecule has 0 spiro atoms. The van der Waals surface area contributed by atoms with E-state index in [1.54, 1.807) is 11.3 Å². The second kappa shape index (κ2) is 5.95. The molecule has 1 N–H and O–H groups in total. The predicted octanol–water partition coefficient (Wildman–Crippen LogP) is 4.30. The number of aromatic nitrogens is 1. The molecule has 0 aliphatic rings. The maximum Gasteiger partial charge on any atom is 0.252 e. The molecule has 0 fully saturated rings. The normalized spacial score (nSPS) is 10.8. The summed E-state index contributed by atoms with van der Waals surface area (Å²) in [6.45, 7) is 2.44. The molecule has 5 heteroatoms. The lowest BCUT2D eigenvalue weighted by Gasteiger charge is -2.06. The molecule has 3 nitrogen and oxygen atoms in total. The van der Waals surface area contributed by atoms with Gasteiger partial charge in [0.05, 0.1) is 22.3 Å². The van der Waals surface area contributed by atoms with Crippen LogP contribution in [0.4, 0.5) is 0 Å². The maximum absolute atomic E-state index is 12.2. The summed E-state index contributed by atoms with van der Waals surface area (Å²) >= 11 is 5.03. The molecule has 3 rings (SSSR count). The summed E-state index contributed by atoms with van der Waals surface area (Å²) in [5.41, 5.74) is 2.73. The first kappa shape index (κ1) is 14.2. The standard InChI is InChI=1S/C16H13BrN2OS/c1-10-6-7-11(12(17)8-10)16(20)18-9-15-19-13-4-2-3-5-14(13)21-15/h2-8H,9H2,1H3,(H,18,20). The third-order valence-corrected chi connectivity index (χ3v) is 4.80. The van der Waals surface area contributed by atoms with E-state index >= 15 is 0 Å². The highest BCUT2D eigenvalue weighted by Crippen LogP contribution is 2.22. The Kier molecular flexibility index (Phi) is 4.03. The summed E-state index contributed by atoms with van der Waals surface area (Å²) in [6, 6.07) is 13.7. The van der Waals surface area contributed by atoms with Crippen molar-refractivity contribution in [3.05, 3.63) is 63.1 Å². The van der Waals surface area contributed by atoms with Gasteiger partial charge in [-0.3, -0.25) is 4.79 Å². The topological polar surface area (TPSA) is 42.0 Å². The van der Waals surface area contributed by atoms with Gasteiger partial charge in [-0.1, -0.05) is 18.2 Å². The monoisotopic (exact) mass is 360 g/mol. The smallest absolute Gasteiger partial charge is 0.252 e. The number of carbonyl (C=O) groups is 1. The zero-order chi connectivity index (χ0) is 14.8. The van der Waals surface area contributed by atoms with Gasteiger partial charge >= 0.3 is 0 Å². The van der Waals surface area contributed by atoms with Crippen molar-refractivity contribution >= 4 is 43.4 Å². The summed E-state index contributed by atoms with van der Waals surface area (Å²) < 4.78 is 1.95. The number of carbonyl (C=O) groups excluding carboxylic acids is 1. The van der Waals surface area contributed by atoms with Crippen LogP contribution in [0.5, 0.6) is 0 Å². The molecule has 0 radical (unpaired) electrons. The number of rotatable bonds is 3. The van der Waals surface area contributed by atoms with Crippen LogP contribution in [-0.4, -0.2) is 10.9 Å². The Labute approximate surface area is 135 Å². The SMILES string of the molecule is Cc1ccc(C(=O)NCc2nc3ccccc3s2)c(Br)c1. The number of thiazole rings is 1. The Morgan fingerprint density at radius 1 is 1.29 bits per heavy atom. The minimum Gasteiger partial charge on any atom is -0.345 e. The largest absolute Gasteiger partial charge is 0.345 e. The Hall–Kier alpha value is -1.72. The van der Waals surface area contributed by atoms with Gasteiger partial charge in [0.2, 0.25) is 0 Å². The summed E-state index contributed by atoms with van der Waals surface area (Å²) in [4.78, 5) is 16.7. The van der Waals surface area contributed by atoms with Crippen molar-refractivity contribution < 1.29 is 4.79 Å². The molecule has 0 unspecified atom stereocenters. The second-order valence-electron chi connectivity index (χ2n) is 4.74. The number of benzene rings is 2.